The summed E-state index contributed by atoms with van der Waals surface area (Å²) in [5.74, 6) is 0. The van der Waals surface area contributed by atoms with Gasteiger partial charge in [-0.3, -0.25) is 0 Å². The SMILES string of the molecule is CC(C)(C)NC1CC(C)(C)N(O)C1(C)C. The lowest BCUT2D eigenvalue weighted by Gasteiger charge is -2.38. The highest BCUT2D eigenvalue weighted by Crippen LogP contribution is 2.39. The zero-order valence-corrected chi connectivity index (χ0v) is 11.2. The average Bonchev–Trinajstić information content (AvgIpc) is 2.09. The molecule has 15 heavy (non-hydrogen) atoms. The van der Waals surface area contributed by atoms with E-state index in [4.69, 9.17) is 0 Å². The van der Waals surface area contributed by atoms with Gasteiger partial charge in [0.1, 0.15) is 0 Å². The Morgan fingerprint density at radius 2 is 1.67 bits per heavy atom. The Morgan fingerprint density at radius 1 is 1.20 bits per heavy atom. The van der Waals surface area contributed by atoms with Crippen LogP contribution in [-0.2, 0) is 0 Å². The number of hydroxylamine groups is 2. The molecule has 3 heteroatoms. The van der Waals surface area contributed by atoms with Crippen molar-refractivity contribution in [1.82, 2.24) is 10.4 Å². The van der Waals surface area contributed by atoms with Gasteiger partial charge in [0.15, 0.2) is 0 Å². The summed E-state index contributed by atoms with van der Waals surface area (Å²) in [7, 11) is 0. The highest BCUT2D eigenvalue weighted by atomic mass is 16.5. The molecule has 1 rings (SSSR count). The lowest BCUT2D eigenvalue weighted by atomic mass is 9.92. The Morgan fingerprint density at radius 3 is 1.93 bits per heavy atom. The number of hydrogen-bond acceptors (Lipinski definition) is 3. The highest BCUT2D eigenvalue weighted by Gasteiger charge is 2.51. The summed E-state index contributed by atoms with van der Waals surface area (Å²) in [6.45, 7) is 14.8. The van der Waals surface area contributed by atoms with Gasteiger partial charge in [-0.05, 0) is 54.9 Å². The fourth-order valence-corrected chi connectivity index (χ4v) is 2.51. The largest absolute Gasteiger partial charge is 0.313 e. The summed E-state index contributed by atoms with van der Waals surface area (Å²) in [4.78, 5) is 0. The van der Waals surface area contributed by atoms with Gasteiger partial charge in [-0.1, -0.05) is 0 Å². The van der Waals surface area contributed by atoms with Crippen molar-refractivity contribution in [3.8, 4) is 0 Å². The van der Waals surface area contributed by atoms with E-state index in [0.29, 0.717) is 6.04 Å². The Hall–Kier alpha value is -0.120. The van der Waals surface area contributed by atoms with Crippen LogP contribution in [0.15, 0.2) is 0 Å². The van der Waals surface area contributed by atoms with Crippen LogP contribution in [0.25, 0.3) is 0 Å². The van der Waals surface area contributed by atoms with Crippen LogP contribution in [-0.4, -0.2) is 32.9 Å². The van der Waals surface area contributed by atoms with Crippen molar-refractivity contribution >= 4 is 0 Å². The van der Waals surface area contributed by atoms with Crippen molar-refractivity contribution in [2.75, 3.05) is 0 Å². The standard InChI is InChI=1S/C12H26N2O/c1-10(2,3)13-9-8-11(4,5)14(15)12(9,6)7/h9,13,15H,8H2,1-7H3. The molecular formula is C12H26N2O. The molecule has 0 aromatic rings. The molecule has 1 aliphatic heterocycles. The quantitative estimate of drug-likeness (QED) is 0.703. The van der Waals surface area contributed by atoms with E-state index in [1.807, 2.05) is 0 Å². The van der Waals surface area contributed by atoms with Gasteiger partial charge in [0.05, 0.1) is 5.54 Å². The molecule has 1 saturated heterocycles. The van der Waals surface area contributed by atoms with E-state index in [-0.39, 0.29) is 16.6 Å². The molecule has 0 aromatic carbocycles. The molecule has 0 amide bonds. The van der Waals surface area contributed by atoms with E-state index in [2.05, 4.69) is 53.8 Å². The number of nitrogens with one attached hydrogen (secondary N) is 1. The fourth-order valence-electron chi connectivity index (χ4n) is 2.51. The smallest absolute Gasteiger partial charge is 0.0563 e. The van der Waals surface area contributed by atoms with Crippen molar-refractivity contribution in [1.29, 1.82) is 0 Å². The first-order valence-electron chi connectivity index (χ1n) is 5.74. The van der Waals surface area contributed by atoms with Crippen LogP contribution in [0.3, 0.4) is 0 Å². The Balaban J connectivity index is 2.85. The third-order valence-electron chi connectivity index (χ3n) is 3.28. The first-order valence-corrected chi connectivity index (χ1v) is 5.74. The molecule has 0 spiro atoms. The lowest BCUT2D eigenvalue weighted by molar-refractivity contribution is -0.194. The third kappa shape index (κ3) is 2.52. The van der Waals surface area contributed by atoms with Crippen molar-refractivity contribution in [3.63, 3.8) is 0 Å². The summed E-state index contributed by atoms with van der Waals surface area (Å²) in [5.41, 5.74) is -0.271. The topological polar surface area (TPSA) is 35.5 Å². The van der Waals surface area contributed by atoms with Crippen LogP contribution in [0, 0.1) is 0 Å². The molecule has 1 aliphatic rings. The van der Waals surface area contributed by atoms with Crippen molar-refractivity contribution in [3.05, 3.63) is 0 Å². The maximum Gasteiger partial charge on any atom is 0.0563 e. The molecule has 1 fully saturated rings. The predicted molar refractivity (Wildman–Crippen MR) is 63.1 cm³/mol. The summed E-state index contributed by atoms with van der Waals surface area (Å²) in [5, 5.41) is 15.2. The van der Waals surface area contributed by atoms with Crippen LogP contribution in [0.5, 0.6) is 0 Å². The van der Waals surface area contributed by atoms with E-state index >= 15 is 0 Å². The molecule has 90 valence electrons. The Bertz CT molecular complexity index is 238. The van der Waals surface area contributed by atoms with Gasteiger partial charge in [0.2, 0.25) is 0 Å². The van der Waals surface area contributed by atoms with Gasteiger partial charge in [-0.2, -0.15) is 5.06 Å². The minimum absolute atomic E-state index is 0.0865. The van der Waals surface area contributed by atoms with E-state index in [9.17, 15) is 5.21 Å². The second-order valence-corrected chi connectivity index (χ2v) is 6.93. The van der Waals surface area contributed by atoms with Gasteiger partial charge in [0, 0.05) is 17.1 Å². The van der Waals surface area contributed by atoms with E-state index < -0.39 is 0 Å². The predicted octanol–water partition coefficient (Wildman–Crippen LogP) is 2.40. The van der Waals surface area contributed by atoms with Crippen molar-refractivity contribution in [2.24, 2.45) is 0 Å². The molecule has 0 aliphatic carbocycles. The molecule has 1 heterocycles. The first kappa shape index (κ1) is 12.9. The van der Waals surface area contributed by atoms with Crippen LogP contribution >= 0.6 is 0 Å². The first-order chi connectivity index (χ1) is 6.47. The van der Waals surface area contributed by atoms with Gasteiger partial charge in [-0.15, -0.1) is 0 Å². The molecule has 0 aromatic heterocycles. The molecule has 3 nitrogen and oxygen atoms in total. The maximum atomic E-state index is 10.1. The normalized spacial score (nSPS) is 30.8. The van der Waals surface area contributed by atoms with Gasteiger partial charge in [-0.25, -0.2) is 0 Å². The molecule has 1 unspecified atom stereocenters. The zero-order chi connectivity index (χ0) is 12.1. The third-order valence-corrected chi connectivity index (χ3v) is 3.28. The number of hydrogen-bond donors (Lipinski definition) is 2. The summed E-state index contributed by atoms with van der Waals surface area (Å²) in [6, 6.07) is 0.317. The molecule has 1 atom stereocenters. The fraction of sp³-hybridized carbons (Fsp3) is 1.00. The number of nitrogens with zero attached hydrogens (tertiary/aromatic N) is 1. The maximum absolute atomic E-state index is 10.1. The highest BCUT2D eigenvalue weighted by molar-refractivity contribution is 5.07. The summed E-state index contributed by atoms with van der Waals surface area (Å²) >= 11 is 0. The minimum Gasteiger partial charge on any atom is -0.313 e. The number of rotatable bonds is 1. The van der Waals surface area contributed by atoms with Crippen molar-refractivity contribution < 1.29 is 5.21 Å². The molecule has 0 bridgehead atoms. The summed E-state index contributed by atoms with van der Waals surface area (Å²) in [6.07, 6.45) is 0.966. The van der Waals surface area contributed by atoms with Crippen LogP contribution in [0.1, 0.15) is 54.9 Å². The molecule has 0 radical (unpaired) electrons. The molecular weight excluding hydrogens is 188 g/mol. The molecule has 2 N–H and O–H groups in total. The minimum atomic E-state index is -0.212. The van der Waals surface area contributed by atoms with Gasteiger partial charge < -0.3 is 10.5 Å². The van der Waals surface area contributed by atoms with Crippen LogP contribution < -0.4 is 5.32 Å². The van der Waals surface area contributed by atoms with E-state index in [0.717, 1.165) is 6.42 Å². The second-order valence-electron chi connectivity index (χ2n) is 6.93. The van der Waals surface area contributed by atoms with Gasteiger partial charge in [0.25, 0.3) is 0 Å². The monoisotopic (exact) mass is 214 g/mol. The van der Waals surface area contributed by atoms with Crippen LogP contribution in [0.4, 0.5) is 0 Å². The zero-order valence-electron chi connectivity index (χ0n) is 11.2. The van der Waals surface area contributed by atoms with Crippen molar-refractivity contribution in [2.45, 2.75) is 77.5 Å². The van der Waals surface area contributed by atoms with E-state index in [1.165, 1.54) is 5.06 Å². The Labute approximate surface area is 93.8 Å². The second kappa shape index (κ2) is 3.44. The Kier molecular flexibility index (Phi) is 2.97. The lowest BCUT2D eigenvalue weighted by Crippen LogP contribution is -2.55. The average molecular weight is 214 g/mol. The van der Waals surface area contributed by atoms with E-state index in [1.54, 1.807) is 0 Å². The van der Waals surface area contributed by atoms with Crippen LogP contribution in [0.2, 0.25) is 0 Å². The summed E-state index contributed by atoms with van der Waals surface area (Å²) < 4.78 is 0. The van der Waals surface area contributed by atoms with Gasteiger partial charge >= 0.3 is 0 Å². The molecule has 0 saturated carbocycles.